The molecular formula is C13H17BrN2OS. The lowest BCUT2D eigenvalue weighted by atomic mass is 9.92. The number of halogens is 1. The minimum atomic E-state index is -0.295. The Morgan fingerprint density at radius 2 is 2.11 bits per heavy atom. The van der Waals surface area contributed by atoms with Gasteiger partial charge in [-0.1, -0.05) is 31.1 Å². The molecule has 0 aliphatic heterocycles. The van der Waals surface area contributed by atoms with Crippen molar-refractivity contribution in [3.05, 3.63) is 28.2 Å². The van der Waals surface area contributed by atoms with Gasteiger partial charge in [0.1, 0.15) is 4.99 Å². The Bertz CT molecular complexity index is 453. The molecule has 1 aliphatic carbocycles. The molecule has 1 aromatic rings. The highest BCUT2D eigenvalue weighted by Crippen LogP contribution is 2.28. The number of nitrogens with one attached hydrogen (secondary N) is 1. The molecule has 2 atom stereocenters. The monoisotopic (exact) mass is 328 g/mol. The molecule has 2 unspecified atom stereocenters. The zero-order valence-corrected chi connectivity index (χ0v) is 12.4. The largest absolute Gasteiger partial charge is 0.391 e. The topological polar surface area (TPSA) is 58.3 Å². The average molecular weight is 329 g/mol. The maximum absolute atomic E-state index is 9.99. The van der Waals surface area contributed by atoms with E-state index in [1.54, 1.807) is 0 Å². The van der Waals surface area contributed by atoms with Gasteiger partial charge in [-0.25, -0.2) is 0 Å². The summed E-state index contributed by atoms with van der Waals surface area (Å²) >= 11 is 8.54. The summed E-state index contributed by atoms with van der Waals surface area (Å²) in [4.78, 5) is 0.357. The zero-order valence-electron chi connectivity index (χ0n) is 10.0. The Balaban J connectivity index is 2.23. The summed E-state index contributed by atoms with van der Waals surface area (Å²) in [6.45, 7) is 0. The number of rotatable bonds is 3. The molecular weight excluding hydrogens is 312 g/mol. The number of thiocarbonyl (C=S) groups is 1. The molecule has 3 nitrogen and oxygen atoms in total. The van der Waals surface area contributed by atoms with E-state index in [2.05, 4.69) is 21.2 Å². The standard InChI is InChI=1S/C13H17BrN2OS/c14-8-4-3-6-10(12(8)13(15)18)16-9-5-1-2-7-11(9)17/h3-4,6,9,11,16-17H,1-2,5,7H2,(H2,15,18). The van der Waals surface area contributed by atoms with E-state index in [1.165, 1.54) is 0 Å². The highest BCUT2D eigenvalue weighted by atomic mass is 79.9. The predicted octanol–water partition coefficient (Wildman–Crippen LogP) is 2.80. The molecule has 0 heterocycles. The maximum Gasteiger partial charge on any atom is 0.107 e. The third-order valence-electron chi connectivity index (χ3n) is 3.33. The van der Waals surface area contributed by atoms with Crippen molar-refractivity contribution >= 4 is 38.8 Å². The number of hydrogen-bond acceptors (Lipinski definition) is 3. The van der Waals surface area contributed by atoms with Crippen molar-refractivity contribution in [3.8, 4) is 0 Å². The van der Waals surface area contributed by atoms with Gasteiger partial charge >= 0.3 is 0 Å². The molecule has 0 aromatic heterocycles. The number of benzene rings is 1. The fourth-order valence-electron chi connectivity index (χ4n) is 2.37. The van der Waals surface area contributed by atoms with Gasteiger partial charge in [0, 0.05) is 15.7 Å². The lowest BCUT2D eigenvalue weighted by Crippen LogP contribution is -2.36. The Morgan fingerprint density at radius 3 is 2.78 bits per heavy atom. The van der Waals surface area contributed by atoms with Crippen LogP contribution in [0.1, 0.15) is 31.2 Å². The van der Waals surface area contributed by atoms with Crippen molar-refractivity contribution in [1.82, 2.24) is 0 Å². The molecule has 1 fully saturated rings. The molecule has 0 radical (unpaired) electrons. The van der Waals surface area contributed by atoms with Gasteiger partial charge in [-0.2, -0.15) is 0 Å². The first kappa shape index (κ1) is 13.8. The van der Waals surface area contributed by atoms with Crippen molar-refractivity contribution in [2.75, 3.05) is 5.32 Å². The van der Waals surface area contributed by atoms with Gasteiger partial charge in [0.25, 0.3) is 0 Å². The van der Waals surface area contributed by atoms with Gasteiger partial charge in [0.2, 0.25) is 0 Å². The Kier molecular flexibility index (Phi) is 4.59. The van der Waals surface area contributed by atoms with Gasteiger partial charge in [0.15, 0.2) is 0 Å². The molecule has 1 aliphatic rings. The number of aliphatic hydroxyl groups is 1. The van der Waals surface area contributed by atoms with Crippen molar-refractivity contribution in [2.24, 2.45) is 5.73 Å². The number of aliphatic hydroxyl groups excluding tert-OH is 1. The Hall–Kier alpha value is -0.650. The third-order valence-corrected chi connectivity index (χ3v) is 4.20. The van der Waals surface area contributed by atoms with Crippen LogP contribution < -0.4 is 11.1 Å². The van der Waals surface area contributed by atoms with Crippen LogP contribution in [0.3, 0.4) is 0 Å². The van der Waals surface area contributed by atoms with Crippen molar-refractivity contribution in [1.29, 1.82) is 0 Å². The molecule has 0 saturated heterocycles. The van der Waals surface area contributed by atoms with Crippen LogP contribution in [0.4, 0.5) is 5.69 Å². The van der Waals surface area contributed by atoms with Crippen LogP contribution in [-0.4, -0.2) is 22.2 Å². The number of nitrogens with two attached hydrogens (primary N) is 1. The molecule has 18 heavy (non-hydrogen) atoms. The fourth-order valence-corrected chi connectivity index (χ4v) is 3.31. The second-order valence-electron chi connectivity index (χ2n) is 4.63. The minimum absolute atomic E-state index is 0.0844. The molecule has 4 N–H and O–H groups in total. The molecule has 0 spiro atoms. The summed E-state index contributed by atoms with van der Waals surface area (Å²) in [5, 5.41) is 13.4. The van der Waals surface area contributed by atoms with E-state index < -0.39 is 0 Å². The Labute approximate surface area is 121 Å². The minimum Gasteiger partial charge on any atom is -0.391 e. The van der Waals surface area contributed by atoms with Crippen molar-refractivity contribution in [3.63, 3.8) is 0 Å². The number of anilines is 1. The highest BCUT2D eigenvalue weighted by molar-refractivity contribution is 9.10. The first-order valence-corrected chi connectivity index (χ1v) is 7.32. The summed E-state index contributed by atoms with van der Waals surface area (Å²) in [7, 11) is 0. The molecule has 1 aromatic carbocycles. The van der Waals surface area contributed by atoms with E-state index in [-0.39, 0.29) is 12.1 Å². The van der Waals surface area contributed by atoms with Gasteiger partial charge in [-0.15, -0.1) is 0 Å². The second kappa shape index (κ2) is 5.99. The van der Waals surface area contributed by atoms with E-state index in [9.17, 15) is 5.11 Å². The molecule has 1 saturated carbocycles. The molecule has 5 heteroatoms. The van der Waals surface area contributed by atoms with Crippen LogP contribution in [0.15, 0.2) is 22.7 Å². The van der Waals surface area contributed by atoms with E-state index >= 15 is 0 Å². The van der Waals surface area contributed by atoms with Crippen LogP contribution in [0.2, 0.25) is 0 Å². The van der Waals surface area contributed by atoms with Gasteiger partial charge in [-0.05, 0) is 40.9 Å². The van der Waals surface area contributed by atoms with Crippen molar-refractivity contribution < 1.29 is 5.11 Å². The number of hydrogen-bond donors (Lipinski definition) is 3. The summed E-state index contributed by atoms with van der Waals surface area (Å²) in [5.74, 6) is 0. The normalized spacial score (nSPS) is 23.7. The summed E-state index contributed by atoms with van der Waals surface area (Å²) < 4.78 is 0.880. The fraction of sp³-hybridized carbons (Fsp3) is 0.462. The van der Waals surface area contributed by atoms with Gasteiger partial charge < -0.3 is 16.2 Å². The van der Waals surface area contributed by atoms with E-state index in [1.807, 2.05) is 18.2 Å². The zero-order chi connectivity index (χ0) is 13.1. The van der Waals surface area contributed by atoms with E-state index in [0.29, 0.717) is 4.99 Å². The SMILES string of the molecule is NC(=S)c1c(Br)cccc1NC1CCCCC1O. The van der Waals surface area contributed by atoms with Crippen LogP contribution in [0.25, 0.3) is 0 Å². The third kappa shape index (κ3) is 3.02. The van der Waals surface area contributed by atoms with Crippen molar-refractivity contribution in [2.45, 2.75) is 37.8 Å². The van der Waals surface area contributed by atoms with Gasteiger partial charge in [-0.3, -0.25) is 0 Å². The van der Waals surface area contributed by atoms with Gasteiger partial charge in [0.05, 0.1) is 12.1 Å². The smallest absolute Gasteiger partial charge is 0.107 e. The highest BCUT2D eigenvalue weighted by Gasteiger charge is 2.24. The lowest BCUT2D eigenvalue weighted by molar-refractivity contribution is 0.116. The van der Waals surface area contributed by atoms with Crippen LogP contribution in [0, 0.1) is 0 Å². The molecule has 2 rings (SSSR count). The summed E-state index contributed by atoms with van der Waals surface area (Å²) in [5.41, 5.74) is 7.46. The lowest BCUT2D eigenvalue weighted by Gasteiger charge is -2.30. The van der Waals surface area contributed by atoms with Crippen LogP contribution in [0.5, 0.6) is 0 Å². The first-order chi connectivity index (χ1) is 8.59. The predicted molar refractivity (Wildman–Crippen MR) is 81.9 cm³/mol. The summed E-state index contributed by atoms with van der Waals surface area (Å²) in [6.07, 6.45) is 3.78. The summed E-state index contributed by atoms with van der Waals surface area (Å²) in [6, 6.07) is 5.88. The quantitative estimate of drug-likeness (QED) is 0.747. The van der Waals surface area contributed by atoms with Crippen LogP contribution in [-0.2, 0) is 0 Å². The maximum atomic E-state index is 9.99. The van der Waals surface area contributed by atoms with Crippen LogP contribution >= 0.6 is 28.1 Å². The average Bonchev–Trinajstić information content (AvgIpc) is 2.31. The molecule has 98 valence electrons. The Morgan fingerprint density at radius 1 is 1.39 bits per heavy atom. The second-order valence-corrected chi connectivity index (χ2v) is 5.92. The van der Waals surface area contributed by atoms with E-state index in [0.717, 1.165) is 41.4 Å². The molecule has 0 amide bonds. The molecule has 0 bridgehead atoms. The first-order valence-electron chi connectivity index (χ1n) is 6.12. The van der Waals surface area contributed by atoms with E-state index in [4.69, 9.17) is 18.0 Å².